The summed E-state index contributed by atoms with van der Waals surface area (Å²) in [6.45, 7) is 3.59. The van der Waals surface area contributed by atoms with E-state index >= 15 is 0 Å². The lowest BCUT2D eigenvalue weighted by molar-refractivity contribution is 0.535. The molecule has 3 nitrogen and oxygen atoms in total. The number of halogens is 2. The van der Waals surface area contributed by atoms with Gasteiger partial charge in [-0.05, 0) is 55.8 Å². The predicted molar refractivity (Wildman–Crippen MR) is 74.6 cm³/mol. The molecule has 0 radical (unpaired) electrons. The molecule has 2 aromatic rings. The molecule has 2 N–H and O–H groups in total. The Balaban J connectivity index is 2.28. The van der Waals surface area contributed by atoms with Crippen LogP contribution in [0.25, 0.3) is 0 Å². The van der Waals surface area contributed by atoms with Crippen LogP contribution >= 0.6 is 11.8 Å². The lowest BCUT2D eigenvalue weighted by Crippen LogP contribution is -2.18. The zero-order valence-electron chi connectivity index (χ0n) is 11.2. The van der Waals surface area contributed by atoms with Crippen LogP contribution in [0.3, 0.4) is 0 Å². The SMILES string of the molecule is Cc1ccnc(Sc2c(F)cc(CC(C)N)cc2F)n1. The smallest absolute Gasteiger partial charge is 0.192 e. The van der Waals surface area contributed by atoms with E-state index in [9.17, 15) is 8.78 Å². The summed E-state index contributed by atoms with van der Waals surface area (Å²) in [5, 5.41) is 0.322. The van der Waals surface area contributed by atoms with Gasteiger partial charge >= 0.3 is 0 Å². The zero-order valence-corrected chi connectivity index (χ0v) is 12.0. The van der Waals surface area contributed by atoms with E-state index in [2.05, 4.69) is 9.97 Å². The minimum Gasteiger partial charge on any atom is -0.328 e. The molecule has 0 amide bonds. The standard InChI is InChI=1S/C14H15F2N3S/c1-8(17)5-10-6-11(15)13(12(16)7-10)20-14-18-4-3-9(2)19-14/h3-4,6-8H,5,17H2,1-2H3. The highest BCUT2D eigenvalue weighted by Gasteiger charge is 2.14. The van der Waals surface area contributed by atoms with Gasteiger partial charge in [0.1, 0.15) is 11.6 Å². The number of aromatic nitrogens is 2. The molecule has 2 rings (SSSR count). The minimum atomic E-state index is -0.615. The fourth-order valence-electron chi connectivity index (χ4n) is 1.77. The number of hydrogen-bond acceptors (Lipinski definition) is 4. The number of benzene rings is 1. The van der Waals surface area contributed by atoms with Crippen LogP contribution in [-0.4, -0.2) is 16.0 Å². The van der Waals surface area contributed by atoms with Crippen LogP contribution in [0.2, 0.25) is 0 Å². The van der Waals surface area contributed by atoms with E-state index in [0.717, 1.165) is 17.5 Å². The first-order valence-corrected chi connectivity index (χ1v) is 6.98. The Labute approximate surface area is 120 Å². The van der Waals surface area contributed by atoms with Gasteiger partial charge in [0.2, 0.25) is 0 Å². The molecule has 106 valence electrons. The second kappa shape index (κ2) is 6.28. The van der Waals surface area contributed by atoms with Crippen LogP contribution in [0.4, 0.5) is 8.78 Å². The van der Waals surface area contributed by atoms with Crippen molar-refractivity contribution in [3.8, 4) is 0 Å². The molecule has 1 atom stereocenters. The summed E-state index contributed by atoms with van der Waals surface area (Å²) >= 11 is 0.879. The van der Waals surface area contributed by atoms with Crippen molar-refractivity contribution in [2.24, 2.45) is 5.73 Å². The number of nitrogens with zero attached hydrogens (tertiary/aromatic N) is 2. The van der Waals surface area contributed by atoms with E-state index in [1.165, 1.54) is 12.1 Å². The second-order valence-corrected chi connectivity index (χ2v) is 5.63. The fraction of sp³-hybridized carbons (Fsp3) is 0.286. The summed E-state index contributed by atoms with van der Waals surface area (Å²) in [7, 11) is 0. The van der Waals surface area contributed by atoms with E-state index in [1.54, 1.807) is 26.1 Å². The third-order valence-corrected chi connectivity index (χ3v) is 3.56. The van der Waals surface area contributed by atoms with Gasteiger partial charge in [0, 0.05) is 17.9 Å². The molecule has 0 saturated heterocycles. The molecule has 20 heavy (non-hydrogen) atoms. The van der Waals surface area contributed by atoms with Crippen molar-refractivity contribution in [1.29, 1.82) is 0 Å². The first kappa shape index (κ1) is 14.9. The summed E-state index contributed by atoms with van der Waals surface area (Å²) in [5.41, 5.74) is 6.93. The third-order valence-electron chi connectivity index (χ3n) is 2.58. The van der Waals surface area contributed by atoms with Crippen LogP contribution in [0.5, 0.6) is 0 Å². The molecule has 0 aliphatic carbocycles. The van der Waals surface area contributed by atoms with E-state index in [1.807, 2.05) is 0 Å². The molecule has 1 aromatic heterocycles. The molecule has 1 unspecified atom stereocenters. The maximum atomic E-state index is 14.0. The Hall–Kier alpha value is -1.53. The first-order valence-electron chi connectivity index (χ1n) is 6.16. The number of aryl methyl sites for hydroxylation is 1. The van der Waals surface area contributed by atoms with Gasteiger partial charge in [-0.3, -0.25) is 0 Å². The van der Waals surface area contributed by atoms with Crippen molar-refractivity contribution in [3.05, 3.63) is 47.3 Å². The van der Waals surface area contributed by atoms with Crippen LogP contribution in [0.1, 0.15) is 18.2 Å². The zero-order chi connectivity index (χ0) is 14.7. The van der Waals surface area contributed by atoms with E-state index in [4.69, 9.17) is 5.73 Å². The summed E-state index contributed by atoms with van der Waals surface area (Å²) < 4.78 is 28.0. The van der Waals surface area contributed by atoms with Crippen LogP contribution < -0.4 is 5.73 Å². The summed E-state index contributed by atoms with van der Waals surface area (Å²) in [5.74, 6) is -1.23. The molecule has 6 heteroatoms. The average molecular weight is 295 g/mol. The third kappa shape index (κ3) is 3.74. The Kier molecular flexibility index (Phi) is 4.67. The van der Waals surface area contributed by atoms with Crippen molar-refractivity contribution >= 4 is 11.8 Å². The molecular weight excluding hydrogens is 280 g/mol. The molecule has 1 heterocycles. The van der Waals surface area contributed by atoms with E-state index < -0.39 is 11.6 Å². The van der Waals surface area contributed by atoms with Crippen molar-refractivity contribution in [1.82, 2.24) is 9.97 Å². The highest BCUT2D eigenvalue weighted by Crippen LogP contribution is 2.30. The van der Waals surface area contributed by atoms with Crippen molar-refractivity contribution in [2.75, 3.05) is 0 Å². The predicted octanol–water partition coefficient (Wildman–Crippen LogP) is 3.10. The summed E-state index contributed by atoms with van der Waals surface area (Å²) in [6.07, 6.45) is 1.99. The number of hydrogen-bond donors (Lipinski definition) is 1. The fourth-order valence-corrected chi connectivity index (χ4v) is 2.56. The van der Waals surface area contributed by atoms with Gasteiger partial charge in [-0.1, -0.05) is 0 Å². The maximum Gasteiger partial charge on any atom is 0.192 e. The Morgan fingerprint density at radius 1 is 1.30 bits per heavy atom. The van der Waals surface area contributed by atoms with Gasteiger partial charge in [-0.15, -0.1) is 0 Å². The Morgan fingerprint density at radius 2 is 1.95 bits per heavy atom. The molecule has 0 aliphatic heterocycles. The van der Waals surface area contributed by atoms with Gasteiger partial charge in [0.25, 0.3) is 0 Å². The van der Waals surface area contributed by atoms with Crippen molar-refractivity contribution < 1.29 is 8.78 Å². The van der Waals surface area contributed by atoms with Gasteiger partial charge < -0.3 is 5.73 Å². The molecular formula is C14H15F2N3S. The topological polar surface area (TPSA) is 51.8 Å². The van der Waals surface area contributed by atoms with E-state index in [-0.39, 0.29) is 10.9 Å². The van der Waals surface area contributed by atoms with Gasteiger partial charge in [-0.25, -0.2) is 18.7 Å². The summed E-state index contributed by atoms with van der Waals surface area (Å²) in [6, 6.07) is 4.20. The van der Waals surface area contributed by atoms with Crippen molar-refractivity contribution in [2.45, 2.75) is 36.4 Å². The highest BCUT2D eigenvalue weighted by atomic mass is 32.2. The van der Waals surface area contributed by atoms with Crippen molar-refractivity contribution in [3.63, 3.8) is 0 Å². The van der Waals surface area contributed by atoms with Gasteiger partial charge in [-0.2, -0.15) is 0 Å². The molecule has 1 aromatic carbocycles. The Morgan fingerprint density at radius 3 is 2.50 bits per heavy atom. The molecule has 0 fully saturated rings. The van der Waals surface area contributed by atoms with Crippen LogP contribution in [-0.2, 0) is 6.42 Å². The molecule has 0 saturated carbocycles. The monoisotopic (exact) mass is 295 g/mol. The molecule has 0 spiro atoms. The largest absolute Gasteiger partial charge is 0.328 e. The second-order valence-electron chi connectivity index (χ2n) is 4.65. The van der Waals surface area contributed by atoms with Gasteiger partial charge in [0.05, 0.1) is 4.90 Å². The van der Waals surface area contributed by atoms with Crippen LogP contribution in [0, 0.1) is 18.6 Å². The quantitative estimate of drug-likeness (QED) is 0.881. The van der Waals surface area contributed by atoms with E-state index in [0.29, 0.717) is 17.1 Å². The minimum absolute atomic E-state index is 0.0935. The molecule has 0 aliphatic rings. The number of rotatable bonds is 4. The lowest BCUT2D eigenvalue weighted by Gasteiger charge is -2.09. The first-order chi connectivity index (χ1) is 9.45. The average Bonchev–Trinajstić information content (AvgIpc) is 2.33. The summed E-state index contributed by atoms with van der Waals surface area (Å²) in [4.78, 5) is 8.01. The molecule has 0 bridgehead atoms. The maximum absolute atomic E-state index is 14.0. The Bertz CT molecular complexity index is 594. The van der Waals surface area contributed by atoms with Gasteiger partial charge in [0.15, 0.2) is 5.16 Å². The highest BCUT2D eigenvalue weighted by molar-refractivity contribution is 7.99. The normalized spacial score (nSPS) is 12.4. The number of nitrogens with two attached hydrogens (primary N) is 1. The van der Waals surface area contributed by atoms with Crippen LogP contribution in [0.15, 0.2) is 34.4 Å². The lowest BCUT2D eigenvalue weighted by atomic mass is 10.1.